The van der Waals surface area contributed by atoms with Crippen molar-refractivity contribution < 1.29 is 0 Å². The molecule has 0 atom stereocenters. The van der Waals surface area contributed by atoms with Gasteiger partial charge in [0.25, 0.3) is 0 Å². The molecule has 2 nitrogen and oxygen atoms in total. The highest BCUT2D eigenvalue weighted by Crippen LogP contribution is 2.55. The molecule has 16 aromatic rings. The number of fused-ring (bicyclic) bond motifs is 2. The highest BCUT2D eigenvalue weighted by molar-refractivity contribution is 6.29. The zero-order chi connectivity index (χ0) is 56.9. The second kappa shape index (κ2) is 21.5. The molecular weight excluding hydrogens is 1040 g/mol. The summed E-state index contributed by atoms with van der Waals surface area (Å²) < 4.78 is 0. The van der Waals surface area contributed by atoms with Crippen molar-refractivity contribution in [2.45, 2.75) is 0 Å². The molecule has 0 bridgehead atoms. The largest absolute Gasteiger partial charge is 0.308 e. The van der Waals surface area contributed by atoms with Crippen molar-refractivity contribution in [2.24, 2.45) is 0 Å². The Labute approximate surface area is 501 Å². The van der Waals surface area contributed by atoms with Crippen LogP contribution in [0.3, 0.4) is 0 Å². The van der Waals surface area contributed by atoms with Crippen molar-refractivity contribution in [1.82, 2.24) is 0 Å². The lowest BCUT2D eigenvalue weighted by Crippen LogP contribution is -2.14. The third kappa shape index (κ3) is 8.74. The predicted octanol–water partition coefficient (Wildman–Crippen LogP) is 23.8. The van der Waals surface area contributed by atoms with Crippen LogP contribution in [-0.4, -0.2) is 0 Å². The number of benzene rings is 16. The van der Waals surface area contributed by atoms with Crippen molar-refractivity contribution in [3.8, 4) is 66.8 Å². The van der Waals surface area contributed by atoms with Gasteiger partial charge < -0.3 is 9.80 Å². The molecule has 0 aliphatic rings. The fraction of sp³-hybridized carbons (Fsp3) is 0. The van der Waals surface area contributed by atoms with E-state index in [0.717, 1.165) is 100 Å². The summed E-state index contributed by atoms with van der Waals surface area (Å²) in [7, 11) is 0. The normalized spacial score (nSPS) is 11.5. The molecular formula is C84H56N2. The summed E-state index contributed by atoms with van der Waals surface area (Å²) in [5.74, 6) is 0. The fourth-order valence-corrected chi connectivity index (χ4v) is 13.4. The fourth-order valence-electron chi connectivity index (χ4n) is 13.4. The zero-order valence-corrected chi connectivity index (χ0v) is 47.2. The molecule has 86 heavy (non-hydrogen) atoms. The molecule has 0 saturated heterocycles. The molecule has 0 aliphatic heterocycles. The molecule has 0 unspecified atom stereocenters. The molecule has 0 fully saturated rings. The highest BCUT2D eigenvalue weighted by atomic mass is 15.2. The lowest BCUT2D eigenvalue weighted by atomic mass is 9.89. The van der Waals surface area contributed by atoms with Crippen LogP contribution in [0.15, 0.2) is 340 Å². The van der Waals surface area contributed by atoms with Gasteiger partial charge in [-0.1, -0.05) is 303 Å². The van der Waals surface area contributed by atoms with Crippen molar-refractivity contribution in [1.29, 1.82) is 0 Å². The van der Waals surface area contributed by atoms with Gasteiger partial charge in [0.05, 0.1) is 34.1 Å². The third-order valence-corrected chi connectivity index (χ3v) is 17.4. The van der Waals surface area contributed by atoms with Gasteiger partial charge >= 0.3 is 0 Å². The minimum atomic E-state index is 1.09. The first-order valence-electron chi connectivity index (χ1n) is 29.7. The molecule has 2 heteroatoms. The molecule has 0 aromatic heterocycles. The van der Waals surface area contributed by atoms with Gasteiger partial charge in [-0.2, -0.15) is 0 Å². The predicted molar refractivity (Wildman–Crippen MR) is 367 cm³/mol. The molecule has 0 aliphatic carbocycles. The van der Waals surface area contributed by atoms with Gasteiger partial charge in [-0.25, -0.2) is 0 Å². The quantitative estimate of drug-likeness (QED) is 0.113. The van der Waals surface area contributed by atoms with Crippen LogP contribution in [0.5, 0.6) is 0 Å². The lowest BCUT2D eigenvalue weighted by molar-refractivity contribution is 1.31. The first-order valence-corrected chi connectivity index (χ1v) is 29.7. The maximum absolute atomic E-state index is 2.59. The SMILES string of the molecule is c1ccc(-c2ccc3ccc(-c4ccccc4)c(N(c4ccccc4-c4ccccc4)c4ccc5ccc6c(N(c7ccccc7-c7ccccc7)c7c(-c8ccccc8)ccc8ccc(-c9ccccc9)cc78)ccc7ccc4c5c76)c3c2)cc1. The third-order valence-electron chi connectivity index (χ3n) is 17.4. The van der Waals surface area contributed by atoms with Crippen LogP contribution in [0.2, 0.25) is 0 Å². The van der Waals surface area contributed by atoms with Crippen molar-refractivity contribution in [2.75, 3.05) is 9.80 Å². The summed E-state index contributed by atoms with van der Waals surface area (Å²) in [5, 5.41) is 11.8. The van der Waals surface area contributed by atoms with Crippen LogP contribution >= 0.6 is 0 Å². The van der Waals surface area contributed by atoms with E-state index in [1.54, 1.807) is 0 Å². The van der Waals surface area contributed by atoms with Crippen LogP contribution in [0.25, 0.3) is 121 Å². The molecule has 16 aromatic carbocycles. The van der Waals surface area contributed by atoms with Crippen molar-refractivity contribution >= 4 is 88.0 Å². The molecule has 0 amide bonds. The van der Waals surface area contributed by atoms with E-state index in [-0.39, 0.29) is 0 Å². The number of hydrogen-bond acceptors (Lipinski definition) is 2. The number of nitrogens with zero attached hydrogens (tertiary/aromatic N) is 2. The first kappa shape index (κ1) is 50.4. The second-order valence-corrected chi connectivity index (χ2v) is 22.3. The Morgan fingerprint density at radius 1 is 0.163 bits per heavy atom. The summed E-state index contributed by atoms with van der Waals surface area (Å²) in [6, 6.07) is 125. The van der Waals surface area contributed by atoms with E-state index in [1.165, 1.54) is 54.6 Å². The van der Waals surface area contributed by atoms with E-state index >= 15 is 0 Å². The van der Waals surface area contributed by atoms with Gasteiger partial charge in [0.2, 0.25) is 0 Å². The molecule has 16 rings (SSSR count). The smallest absolute Gasteiger partial charge is 0.0619 e. The van der Waals surface area contributed by atoms with Crippen LogP contribution < -0.4 is 9.80 Å². The highest BCUT2D eigenvalue weighted by Gasteiger charge is 2.29. The number of hydrogen-bond donors (Lipinski definition) is 0. The van der Waals surface area contributed by atoms with E-state index in [9.17, 15) is 0 Å². The van der Waals surface area contributed by atoms with Gasteiger partial charge in [0.15, 0.2) is 0 Å². The van der Waals surface area contributed by atoms with Gasteiger partial charge in [-0.15, -0.1) is 0 Å². The summed E-state index contributed by atoms with van der Waals surface area (Å²) >= 11 is 0. The van der Waals surface area contributed by atoms with Crippen molar-refractivity contribution in [3.05, 3.63) is 340 Å². The monoisotopic (exact) mass is 1090 g/mol. The standard InChI is InChI=1S/C84H56N2/c1-7-23-57(24-8-1)67-41-39-63-43-49-71(61-31-15-5-16-32-61)83(75(63)55-67)85(77-37-21-19-35-69(77)59-27-11-3-12-28-59)79-53-47-65-46-52-74-80(54-48-66-45-51-73(79)81(65)82(66)74)86(78-38-22-20-36-70(78)60-29-13-4-14-30-60)84-72(62-33-17-6-18-34-62)50-44-64-40-42-68(56-76(64)84)58-25-9-2-10-26-58/h1-56H. The Kier molecular flexibility index (Phi) is 12.6. The Balaban J connectivity index is 1.02. The molecule has 0 spiro atoms. The minimum absolute atomic E-state index is 1.09. The molecule has 0 heterocycles. The lowest BCUT2D eigenvalue weighted by Gasteiger charge is -2.33. The van der Waals surface area contributed by atoms with Gasteiger partial charge in [-0.3, -0.25) is 0 Å². The van der Waals surface area contributed by atoms with Crippen LogP contribution in [0.1, 0.15) is 0 Å². The van der Waals surface area contributed by atoms with Crippen LogP contribution in [0.4, 0.5) is 34.1 Å². The number of para-hydroxylation sites is 2. The van der Waals surface area contributed by atoms with E-state index in [4.69, 9.17) is 0 Å². The topological polar surface area (TPSA) is 6.48 Å². The molecule has 402 valence electrons. The second-order valence-electron chi connectivity index (χ2n) is 22.3. The Bertz CT molecular complexity index is 4800. The molecule has 0 N–H and O–H groups in total. The van der Waals surface area contributed by atoms with Gasteiger partial charge in [0.1, 0.15) is 0 Å². The maximum Gasteiger partial charge on any atom is 0.0619 e. The Morgan fingerprint density at radius 3 is 0.826 bits per heavy atom. The summed E-state index contributed by atoms with van der Waals surface area (Å²) in [6.45, 7) is 0. The number of anilines is 6. The van der Waals surface area contributed by atoms with Crippen LogP contribution in [-0.2, 0) is 0 Å². The number of rotatable bonds is 12. The maximum atomic E-state index is 2.59. The summed E-state index contributed by atoms with van der Waals surface area (Å²) in [5.41, 5.74) is 20.5. The van der Waals surface area contributed by atoms with Crippen molar-refractivity contribution in [3.63, 3.8) is 0 Å². The Morgan fingerprint density at radius 2 is 0.453 bits per heavy atom. The van der Waals surface area contributed by atoms with E-state index in [0.29, 0.717) is 0 Å². The van der Waals surface area contributed by atoms with E-state index < -0.39 is 0 Å². The van der Waals surface area contributed by atoms with Crippen LogP contribution in [0, 0.1) is 0 Å². The average Bonchev–Trinajstić information content (AvgIpc) is 0.945. The summed E-state index contributed by atoms with van der Waals surface area (Å²) in [6.07, 6.45) is 0. The van der Waals surface area contributed by atoms with Gasteiger partial charge in [-0.05, 0) is 113 Å². The Hall–Kier alpha value is -11.3. The van der Waals surface area contributed by atoms with E-state index in [1.807, 2.05) is 0 Å². The first-order chi connectivity index (χ1) is 42.7. The molecule has 0 saturated carbocycles. The average molecular weight is 1090 g/mol. The van der Waals surface area contributed by atoms with E-state index in [2.05, 4.69) is 350 Å². The minimum Gasteiger partial charge on any atom is -0.308 e. The molecule has 0 radical (unpaired) electrons. The van der Waals surface area contributed by atoms with Gasteiger partial charge in [0, 0.05) is 43.8 Å². The zero-order valence-electron chi connectivity index (χ0n) is 47.2. The summed E-state index contributed by atoms with van der Waals surface area (Å²) in [4.78, 5) is 5.17.